The van der Waals surface area contributed by atoms with Crippen LogP contribution >= 0.6 is 23.8 Å². The maximum atomic E-state index is 12.0. The molecule has 0 bridgehead atoms. The number of benzene rings is 2. The lowest BCUT2D eigenvalue weighted by atomic mass is 10.0. The number of ether oxygens (including phenoxy) is 1. The summed E-state index contributed by atoms with van der Waals surface area (Å²) in [5.41, 5.74) is 4.25. The van der Waals surface area contributed by atoms with E-state index in [1.54, 1.807) is 6.20 Å². The van der Waals surface area contributed by atoms with Gasteiger partial charge in [-0.05, 0) is 91.4 Å². The Morgan fingerprint density at radius 2 is 1.97 bits per heavy atom. The van der Waals surface area contributed by atoms with Crippen LogP contribution in [0.5, 0.6) is 0 Å². The van der Waals surface area contributed by atoms with E-state index in [9.17, 15) is 4.79 Å². The molecule has 0 saturated carbocycles. The zero-order valence-corrected chi connectivity index (χ0v) is 21.8. The largest absolute Gasteiger partial charge is 0.459 e. The molecular weight excluding hydrogens is 508 g/mol. The number of aryl methyl sites for hydroxylation is 1. The first-order chi connectivity index (χ1) is 17.9. The molecule has 1 saturated heterocycles. The van der Waals surface area contributed by atoms with Crippen LogP contribution in [0, 0.1) is 6.92 Å². The Hall–Kier alpha value is -3.72. The van der Waals surface area contributed by atoms with Gasteiger partial charge in [-0.25, -0.2) is 0 Å². The average Bonchev–Trinajstić information content (AvgIpc) is 3.51. The van der Waals surface area contributed by atoms with E-state index in [-0.39, 0.29) is 24.6 Å². The number of halogens is 1. The molecule has 2 N–H and O–H groups in total. The molecule has 9 heteroatoms. The fraction of sp³-hybridized carbons (Fsp3) is 0.179. The topological polar surface area (TPSA) is 79.6 Å². The normalized spacial score (nSPS) is 17.1. The van der Waals surface area contributed by atoms with Gasteiger partial charge in [0.05, 0.1) is 11.7 Å². The van der Waals surface area contributed by atoms with Gasteiger partial charge < -0.3 is 24.7 Å². The number of carbonyl (C=O) groups excluding carboxylic acids is 1. The molecule has 188 valence electrons. The van der Waals surface area contributed by atoms with Crippen LogP contribution in [0.4, 0.5) is 11.4 Å². The van der Waals surface area contributed by atoms with Gasteiger partial charge in [-0.1, -0.05) is 17.7 Å². The Kier molecular flexibility index (Phi) is 7.23. The zero-order valence-electron chi connectivity index (χ0n) is 20.3. The van der Waals surface area contributed by atoms with Crippen LogP contribution in [0.2, 0.25) is 5.02 Å². The lowest BCUT2D eigenvalue weighted by Gasteiger charge is -2.26. The molecule has 7 nitrogen and oxygen atoms in total. The smallest absolute Gasteiger partial charge is 0.250 e. The SMILES string of the molecule is COCC(=O)Nc1ccc(N2C(=S)N[C@@H](c3ccccn3)[C@H]2c2ccc(-c3ccc(Cl)cc3)o2)cc1C. The van der Waals surface area contributed by atoms with E-state index in [0.29, 0.717) is 15.8 Å². The van der Waals surface area contributed by atoms with Crippen molar-refractivity contribution < 1.29 is 13.9 Å². The molecule has 37 heavy (non-hydrogen) atoms. The first-order valence-electron chi connectivity index (χ1n) is 11.7. The molecule has 1 aliphatic rings. The summed E-state index contributed by atoms with van der Waals surface area (Å²) in [7, 11) is 1.49. The van der Waals surface area contributed by atoms with E-state index in [1.807, 2.05) is 84.6 Å². The summed E-state index contributed by atoms with van der Waals surface area (Å²) in [6, 6.07) is 22.5. The van der Waals surface area contributed by atoms with Crippen molar-refractivity contribution in [1.82, 2.24) is 10.3 Å². The van der Waals surface area contributed by atoms with E-state index < -0.39 is 0 Å². The van der Waals surface area contributed by atoms with Crippen LogP contribution in [-0.2, 0) is 9.53 Å². The first-order valence-corrected chi connectivity index (χ1v) is 12.5. The Bertz CT molecular complexity index is 1430. The van der Waals surface area contributed by atoms with E-state index in [1.165, 1.54) is 7.11 Å². The number of thiocarbonyl (C=S) groups is 1. The molecular formula is C28H25ClN4O3S. The Balaban J connectivity index is 1.53. The molecule has 0 radical (unpaired) electrons. The van der Waals surface area contributed by atoms with Crippen LogP contribution in [0.3, 0.4) is 0 Å². The van der Waals surface area contributed by atoms with Crippen molar-refractivity contribution in [2.75, 3.05) is 23.9 Å². The third-order valence-corrected chi connectivity index (χ3v) is 6.75. The van der Waals surface area contributed by atoms with Crippen molar-refractivity contribution in [1.29, 1.82) is 0 Å². The molecule has 0 aliphatic carbocycles. The van der Waals surface area contributed by atoms with Crippen LogP contribution in [0.15, 0.2) is 83.4 Å². The number of methoxy groups -OCH3 is 1. The van der Waals surface area contributed by atoms with Crippen molar-refractivity contribution in [3.63, 3.8) is 0 Å². The summed E-state index contributed by atoms with van der Waals surface area (Å²) in [6.45, 7) is 1.93. The van der Waals surface area contributed by atoms with Gasteiger partial charge in [0.1, 0.15) is 24.2 Å². The van der Waals surface area contributed by atoms with Gasteiger partial charge in [-0.2, -0.15) is 0 Å². The predicted octanol–water partition coefficient (Wildman–Crippen LogP) is 6.07. The monoisotopic (exact) mass is 532 g/mol. The molecule has 2 aromatic heterocycles. The number of pyridine rings is 1. The summed E-state index contributed by atoms with van der Waals surface area (Å²) in [5, 5.41) is 7.53. The van der Waals surface area contributed by atoms with Crippen molar-refractivity contribution in [3.8, 4) is 11.3 Å². The Morgan fingerprint density at radius 3 is 2.68 bits per heavy atom. The minimum atomic E-state index is -0.295. The molecule has 4 aromatic rings. The third kappa shape index (κ3) is 5.22. The van der Waals surface area contributed by atoms with Gasteiger partial charge in [0.2, 0.25) is 5.91 Å². The number of carbonyl (C=O) groups is 1. The number of rotatable bonds is 7. The quantitative estimate of drug-likeness (QED) is 0.280. The predicted molar refractivity (Wildman–Crippen MR) is 149 cm³/mol. The number of hydrogen-bond donors (Lipinski definition) is 2. The van der Waals surface area contributed by atoms with Gasteiger partial charge in [-0.15, -0.1) is 0 Å². The molecule has 3 heterocycles. The van der Waals surface area contributed by atoms with Gasteiger partial charge in [0, 0.05) is 35.3 Å². The second-order valence-corrected chi connectivity index (χ2v) is 9.51. The molecule has 2 aromatic carbocycles. The molecule has 1 fully saturated rings. The first kappa shape index (κ1) is 25.0. The maximum absolute atomic E-state index is 12.0. The van der Waals surface area contributed by atoms with Crippen LogP contribution in [0.1, 0.15) is 29.1 Å². The maximum Gasteiger partial charge on any atom is 0.250 e. The summed E-state index contributed by atoms with van der Waals surface area (Å²) in [5.74, 6) is 1.26. The second-order valence-electron chi connectivity index (χ2n) is 8.69. The molecule has 0 spiro atoms. The summed E-state index contributed by atoms with van der Waals surface area (Å²) in [4.78, 5) is 18.7. The third-order valence-electron chi connectivity index (χ3n) is 6.18. The lowest BCUT2D eigenvalue weighted by Crippen LogP contribution is -2.29. The van der Waals surface area contributed by atoms with Crippen molar-refractivity contribution in [2.45, 2.75) is 19.0 Å². The highest BCUT2D eigenvalue weighted by atomic mass is 35.5. The molecule has 1 amide bonds. The summed E-state index contributed by atoms with van der Waals surface area (Å²) < 4.78 is 11.3. The van der Waals surface area contributed by atoms with Crippen molar-refractivity contribution >= 4 is 46.2 Å². The standard InChI is InChI=1S/C28H25ClN4O3S/c1-17-15-20(10-11-21(17)31-25(34)16-35-2)33-27(26(32-28(33)37)22-5-3-4-14-30-22)24-13-12-23(36-24)18-6-8-19(29)9-7-18/h3-15,26-27H,16H2,1-2H3,(H,31,34)(H,32,37)/t26-,27+/m0/s1. The molecule has 5 rings (SSSR count). The fourth-order valence-corrected chi connectivity index (χ4v) is 4.93. The average molecular weight is 533 g/mol. The van der Waals surface area contributed by atoms with Crippen LogP contribution in [-0.4, -0.2) is 29.7 Å². The minimum absolute atomic E-state index is 0.0103. The molecule has 1 aliphatic heterocycles. The highest BCUT2D eigenvalue weighted by Crippen LogP contribution is 2.43. The number of furan rings is 1. The van der Waals surface area contributed by atoms with E-state index in [4.69, 9.17) is 33.0 Å². The summed E-state index contributed by atoms with van der Waals surface area (Å²) in [6.07, 6.45) is 1.77. The number of aromatic nitrogens is 1. The van der Waals surface area contributed by atoms with Gasteiger partial charge >= 0.3 is 0 Å². The summed E-state index contributed by atoms with van der Waals surface area (Å²) >= 11 is 11.9. The van der Waals surface area contributed by atoms with Crippen LogP contribution in [0.25, 0.3) is 11.3 Å². The van der Waals surface area contributed by atoms with Crippen molar-refractivity contribution in [2.24, 2.45) is 0 Å². The van der Waals surface area contributed by atoms with E-state index in [0.717, 1.165) is 34.0 Å². The fourth-order valence-electron chi connectivity index (χ4n) is 4.46. The highest BCUT2D eigenvalue weighted by molar-refractivity contribution is 7.80. The van der Waals surface area contributed by atoms with Crippen LogP contribution < -0.4 is 15.5 Å². The minimum Gasteiger partial charge on any atom is -0.459 e. The number of amides is 1. The molecule has 2 atom stereocenters. The number of nitrogens with zero attached hydrogens (tertiary/aromatic N) is 2. The second kappa shape index (κ2) is 10.7. The zero-order chi connectivity index (χ0) is 25.9. The number of anilines is 2. The van der Waals surface area contributed by atoms with Gasteiger partial charge in [-0.3, -0.25) is 9.78 Å². The number of nitrogens with one attached hydrogen (secondary N) is 2. The number of hydrogen-bond acceptors (Lipinski definition) is 5. The lowest BCUT2D eigenvalue weighted by molar-refractivity contribution is -0.119. The van der Waals surface area contributed by atoms with Gasteiger partial charge in [0.15, 0.2) is 5.11 Å². The van der Waals surface area contributed by atoms with E-state index in [2.05, 4.69) is 15.6 Å². The van der Waals surface area contributed by atoms with Crippen molar-refractivity contribution in [3.05, 3.63) is 101 Å². The Labute approximate surface area is 225 Å². The highest BCUT2D eigenvalue weighted by Gasteiger charge is 2.42. The Morgan fingerprint density at radius 1 is 1.16 bits per heavy atom. The molecule has 0 unspecified atom stereocenters. The van der Waals surface area contributed by atoms with Gasteiger partial charge in [0.25, 0.3) is 0 Å². The van der Waals surface area contributed by atoms with E-state index >= 15 is 0 Å².